The highest BCUT2D eigenvalue weighted by molar-refractivity contribution is 14.0. The number of nitrogens with one attached hydrogen (secondary N) is 1. The molecule has 0 spiro atoms. The molecular weight excluding hydrogens is 481 g/mol. The second kappa shape index (κ2) is 13.6. The van der Waals surface area contributed by atoms with Gasteiger partial charge in [0.05, 0.1) is 0 Å². The van der Waals surface area contributed by atoms with E-state index in [4.69, 9.17) is 9.73 Å². The molecule has 170 valence electrons. The molecule has 0 aliphatic carbocycles. The van der Waals surface area contributed by atoms with Crippen molar-refractivity contribution in [1.82, 2.24) is 20.0 Å². The van der Waals surface area contributed by atoms with Crippen molar-refractivity contribution in [3.63, 3.8) is 0 Å². The van der Waals surface area contributed by atoms with Crippen LogP contribution in [0.1, 0.15) is 53.9 Å². The molecule has 0 radical (unpaired) electrons. The minimum Gasteiger partial charge on any atom is -0.368 e. The predicted molar refractivity (Wildman–Crippen MR) is 130 cm³/mol. The van der Waals surface area contributed by atoms with Crippen LogP contribution in [0.25, 0.3) is 0 Å². The van der Waals surface area contributed by atoms with E-state index in [9.17, 15) is 4.79 Å². The molecule has 0 bridgehead atoms. The van der Waals surface area contributed by atoms with E-state index in [0.717, 1.165) is 77.6 Å². The van der Waals surface area contributed by atoms with E-state index in [1.165, 1.54) is 0 Å². The Labute approximate surface area is 194 Å². The molecular formula is C21H42IN5O2. The normalized spacial score (nSPS) is 20.6. The van der Waals surface area contributed by atoms with Crippen LogP contribution in [0.15, 0.2) is 4.99 Å². The Morgan fingerprint density at radius 3 is 2.28 bits per heavy atom. The van der Waals surface area contributed by atoms with Crippen molar-refractivity contribution in [3.8, 4) is 0 Å². The van der Waals surface area contributed by atoms with Crippen molar-refractivity contribution in [2.45, 2.75) is 72.1 Å². The van der Waals surface area contributed by atoms with Gasteiger partial charge in [0.1, 0.15) is 6.10 Å². The number of hydrogen-bond acceptors (Lipinski definition) is 4. The average Bonchev–Trinajstić information content (AvgIpc) is 3.20. The van der Waals surface area contributed by atoms with Gasteiger partial charge in [-0.1, -0.05) is 0 Å². The van der Waals surface area contributed by atoms with Gasteiger partial charge in [-0.2, -0.15) is 0 Å². The van der Waals surface area contributed by atoms with Gasteiger partial charge in [0.2, 0.25) is 0 Å². The molecule has 8 heteroatoms. The molecule has 2 saturated heterocycles. The second-order valence-electron chi connectivity index (χ2n) is 8.33. The lowest BCUT2D eigenvalue weighted by Crippen LogP contribution is -2.55. The summed E-state index contributed by atoms with van der Waals surface area (Å²) in [6.45, 7) is 17.8. The summed E-state index contributed by atoms with van der Waals surface area (Å²) in [5.41, 5.74) is 0. The maximum absolute atomic E-state index is 12.5. The van der Waals surface area contributed by atoms with Crippen LogP contribution in [-0.2, 0) is 9.53 Å². The first-order valence-corrected chi connectivity index (χ1v) is 11.1. The third-order valence-electron chi connectivity index (χ3n) is 5.59. The van der Waals surface area contributed by atoms with Crippen LogP contribution in [0.2, 0.25) is 0 Å². The molecule has 1 atom stereocenters. The second-order valence-corrected chi connectivity index (χ2v) is 8.33. The lowest BCUT2D eigenvalue weighted by Gasteiger charge is -2.37. The standard InChI is InChI=1S/C21H41N5O2.HI/c1-6-22-21(23-10-8-11-26(17(2)3)18(4)5)25-14-12-24(13-15-25)20(27)19-9-7-16-28-19;/h17-19H,6-16H2,1-5H3,(H,22,23);1H. The highest BCUT2D eigenvalue weighted by Crippen LogP contribution is 2.16. The first-order valence-electron chi connectivity index (χ1n) is 11.1. The highest BCUT2D eigenvalue weighted by atomic mass is 127. The zero-order chi connectivity index (χ0) is 20.5. The van der Waals surface area contributed by atoms with Crippen LogP contribution >= 0.6 is 24.0 Å². The summed E-state index contributed by atoms with van der Waals surface area (Å²) in [6, 6.07) is 1.12. The number of nitrogens with zero attached hydrogens (tertiary/aromatic N) is 4. The molecule has 1 amide bonds. The number of aliphatic imine (C=N–C) groups is 1. The van der Waals surface area contributed by atoms with E-state index in [0.29, 0.717) is 12.1 Å². The van der Waals surface area contributed by atoms with Crippen molar-refractivity contribution < 1.29 is 9.53 Å². The Morgan fingerprint density at radius 1 is 1.14 bits per heavy atom. The van der Waals surface area contributed by atoms with Gasteiger partial charge in [0, 0.05) is 64.5 Å². The van der Waals surface area contributed by atoms with E-state index in [2.05, 4.69) is 49.7 Å². The third-order valence-corrected chi connectivity index (χ3v) is 5.59. The van der Waals surface area contributed by atoms with Gasteiger partial charge >= 0.3 is 0 Å². The average molecular weight is 524 g/mol. The predicted octanol–water partition coefficient (Wildman–Crippen LogP) is 2.40. The largest absolute Gasteiger partial charge is 0.368 e. The summed E-state index contributed by atoms with van der Waals surface area (Å²) >= 11 is 0. The first-order chi connectivity index (χ1) is 13.4. The van der Waals surface area contributed by atoms with E-state index < -0.39 is 0 Å². The fourth-order valence-electron chi connectivity index (χ4n) is 4.09. The van der Waals surface area contributed by atoms with Crippen molar-refractivity contribution >= 4 is 35.8 Å². The number of rotatable bonds is 8. The molecule has 2 fully saturated rings. The van der Waals surface area contributed by atoms with Crippen LogP contribution in [0.4, 0.5) is 0 Å². The van der Waals surface area contributed by atoms with Gasteiger partial charge in [-0.05, 0) is 53.9 Å². The number of hydrogen-bond donors (Lipinski definition) is 1. The van der Waals surface area contributed by atoms with E-state index in [1.807, 2.05) is 4.90 Å². The molecule has 0 aromatic rings. The zero-order valence-electron chi connectivity index (χ0n) is 19.0. The van der Waals surface area contributed by atoms with Crippen LogP contribution < -0.4 is 5.32 Å². The fraction of sp³-hybridized carbons (Fsp3) is 0.905. The lowest BCUT2D eigenvalue weighted by atomic mass is 10.2. The Hall–Kier alpha value is -0.610. The summed E-state index contributed by atoms with van der Waals surface area (Å²) in [7, 11) is 0. The molecule has 1 N–H and O–H groups in total. The topological polar surface area (TPSA) is 60.4 Å². The zero-order valence-corrected chi connectivity index (χ0v) is 21.4. The molecule has 0 saturated carbocycles. The van der Waals surface area contributed by atoms with Gasteiger partial charge in [0.25, 0.3) is 5.91 Å². The number of halogens is 1. The van der Waals surface area contributed by atoms with Crippen LogP contribution in [0, 0.1) is 0 Å². The summed E-state index contributed by atoms with van der Waals surface area (Å²) in [4.78, 5) is 24.1. The summed E-state index contributed by atoms with van der Waals surface area (Å²) in [6.07, 6.45) is 2.71. The minimum atomic E-state index is -0.210. The van der Waals surface area contributed by atoms with Crippen LogP contribution in [0.3, 0.4) is 0 Å². The molecule has 2 aliphatic rings. The summed E-state index contributed by atoms with van der Waals surface area (Å²) in [5, 5.41) is 3.42. The first kappa shape index (κ1) is 26.4. The van der Waals surface area contributed by atoms with Crippen molar-refractivity contribution in [1.29, 1.82) is 0 Å². The minimum absolute atomic E-state index is 0. The molecule has 0 aromatic heterocycles. The third kappa shape index (κ3) is 8.20. The number of carbonyl (C=O) groups is 1. The monoisotopic (exact) mass is 523 g/mol. The number of ether oxygens (including phenoxy) is 1. The van der Waals surface area contributed by atoms with Crippen molar-refractivity contribution in [2.75, 3.05) is 52.4 Å². The molecule has 2 heterocycles. The van der Waals surface area contributed by atoms with Gasteiger partial charge in [0.15, 0.2) is 5.96 Å². The van der Waals surface area contributed by atoms with Gasteiger partial charge in [-0.25, -0.2) is 0 Å². The Kier molecular flexibility index (Phi) is 12.4. The molecule has 7 nitrogen and oxygen atoms in total. The van der Waals surface area contributed by atoms with E-state index in [-0.39, 0.29) is 36.0 Å². The SMILES string of the molecule is CCNC(=NCCCN(C(C)C)C(C)C)N1CCN(C(=O)C2CCCO2)CC1.I. The van der Waals surface area contributed by atoms with E-state index in [1.54, 1.807) is 0 Å². The molecule has 29 heavy (non-hydrogen) atoms. The maximum atomic E-state index is 12.5. The number of piperazine rings is 1. The Morgan fingerprint density at radius 2 is 1.76 bits per heavy atom. The van der Waals surface area contributed by atoms with Crippen LogP contribution in [-0.4, -0.2) is 97.2 Å². The fourth-order valence-corrected chi connectivity index (χ4v) is 4.09. The highest BCUT2D eigenvalue weighted by Gasteiger charge is 2.30. The molecule has 0 aromatic carbocycles. The number of amides is 1. The molecule has 2 aliphatic heterocycles. The van der Waals surface area contributed by atoms with Crippen molar-refractivity contribution in [2.24, 2.45) is 4.99 Å². The van der Waals surface area contributed by atoms with Gasteiger partial charge in [-0.15, -0.1) is 24.0 Å². The smallest absolute Gasteiger partial charge is 0.251 e. The Bertz CT molecular complexity index is 493. The lowest BCUT2D eigenvalue weighted by molar-refractivity contribution is -0.142. The number of carbonyl (C=O) groups excluding carboxylic acids is 1. The van der Waals surface area contributed by atoms with Gasteiger partial charge < -0.3 is 19.9 Å². The van der Waals surface area contributed by atoms with Gasteiger partial charge in [-0.3, -0.25) is 14.7 Å². The van der Waals surface area contributed by atoms with E-state index >= 15 is 0 Å². The Balaban J connectivity index is 0.00000420. The van der Waals surface area contributed by atoms with Crippen molar-refractivity contribution in [3.05, 3.63) is 0 Å². The summed E-state index contributed by atoms with van der Waals surface area (Å²) < 4.78 is 5.55. The summed E-state index contributed by atoms with van der Waals surface area (Å²) in [5.74, 6) is 1.15. The van der Waals surface area contributed by atoms with Crippen LogP contribution in [0.5, 0.6) is 0 Å². The quantitative estimate of drug-likeness (QED) is 0.229. The number of guanidine groups is 1. The molecule has 1 unspecified atom stereocenters. The molecule has 2 rings (SSSR count). The maximum Gasteiger partial charge on any atom is 0.251 e.